The number of halogens is 1. The molecular weight excluding hydrogens is 435 g/mol. The zero-order valence-electron chi connectivity index (χ0n) is 17.5. The molecule has 1 aromatic heterocycles. The number of hydrogen-bond acceptors (Lipinski definition) is 6. The van der Waals surface area contributed by atoms with Gasteiger partial charge < -0.3 is 9.64 Å². The molecular formula is C23H25FN2O3S2. The number of piperidine rings is 1. The molecule has 1 aliphatic heterocycles. The minimum Gasteiger partial charge on any atom is -0.497 e. The maximum absolute atomic E-state index is 13.6. The highest BCUT2D eigenvalue weighted by atomic mass is 32.2. The molecule has 31 heavy (non-hydrogen) atoms. The molecule has 0 saturated carbocycles. The Kier molecular flexibility index (Phi) is 6.29. The van der Waals surface area contributed by atoms with E-state index in [0.29, 0.717) is 31.5 Å². The number of thiazole rings is 1. The SMILES string of the molecule is COc1ccc(Cc2csc(N3CCC(S(=O)(=O)c4cc(F)ccc4C)CC3)n2)cc1. The third kappa shape index (κ3) is 4.75. The number of methoxy groups -OCH3 is 1. The Morgan fingerprint density at radius 2 is 1.87 bits per heavy atom. The first-order chi connectivity index (χ1) is 14.9. The molecule has 0 atom stereocenters. The molecule has 0 aliphatic carbocycles. The Hall–Kier alpha value is -2.45. The van der Waals surface area contributed by atoms with Crippen molar-refractivity contribution in [2.45, 2.75) is 36.3 Å². The fraction of sp³-hybridized carbons (Fsp3) is 0.348. The molecule has 2 aromatic carbocycles. The minimum atomic E-state index is -3.56. The van der Waals surface area contributed by atoms with E-state index in [9.17, 15) is 12.8 Å². The summed E-state index contributed by atoms with van der Waals surface area (Å²) < 4.78 is 44.9. The molecule has 0 spiro atoms. The van der Waals surface area contributed by atoms with Crippen molar-refractivity contribution in [1.29, 1.82) is 0 Å². The first-order valence-corrected chi connectivity index (χ1v) is 12.6. The highest BCUT2D eigenvalue weighted by Gasteiger charge is 2.33. The lowest BCUT2D eigenvalue weighted by molar-refractivity contribution is 0.414. The Bertz CT molecular complexity index is 1150. The molecule has 0 amide bonds. The number of anilines is 1. The molecule has 1 saturated heterocycles. The molecule has 0 unspecified atom stereocenters. The number of benzene rings is 2. The Morgan fingerprint density at radius 1 is 1.16 bits per heavy atom. The van der Waals surface area contributed by atoms with Crippen molar-refractivity contribution in [2.24, 2.45) is 0 Å². The summed E-state index contributed by atoms with van der Waals surface area (Å²) >= 11 is 1.58. The van der Waals surface area contributed by atoms with Gasteiger partial charge in [-0.3, -0.25) is 0 Å². The number of aryl methyl sites for hydroxylation is 1. The van der Waals surface area contributed by atoms with Crippen LogP contribution in [0.3, 0.4) is 0 Å². The topological polar surface area (TPSA) is 59.5 Å². The quantitative estimate of drug-likeness (QED) is 0.537. The first-order valence-electron chi connectivity index (χ1n) is 10.2. The highest BCUT2D eigenvalue weighted by molar-refractivity contribution is 7.92. The summed E-state index contributed by atoms with van der Waals surface area (Å²) in [5, 5.41) is 2.47. The zero-order chi connectivity index (χ0) is 22.0. The van der Waals surface area contributed by atoms with E-state index in [-0.39, 0.29) is 4.90 Å². The van der Waals surface area contributed by atoms with E-state index in [2.05, 4.69) is 10.3 Å². The van der Waals surface area contributed by atoms with E-state index < -0.39 is 20.9 Å². The maximum Gasteiger partial charge on any atom is 0.185 e. The molecule has 0 radical (unpaired) electrons. The summed E-state index contributed by atoms with van der Waals surface area (Å²) in [5.41, 5.74) is 2.75. The van der Waals surface area contributed by atoms with Crippen LogP contribution < -0.4 is 9.64 Å². The fourth-order valence-electron chi connectivity index (χ4n) is 3.89. The maximum atomic E-state index is 13.6. The third-order valence-electron chi connectivity index (χ3n) is 5.69. The Morgan fingerprint density at radius 3 is 2.55 bits per heavy atom. The van der Waals surface area contributed by atoms with Crippen molar-refractivity contribution < 1.29 is 17.5 Å². The van der Waals surface area contributed by atoms with Crippen molar-refractivity contribution >= 4 is 26.3 Å². The van der Waals surface area contributed by atoms with Gasteiger partial charge in [0.05, 0.1) is 22.9 Å². The molecule has 8 heteroatoms. The van der Waals surface area contributed by atoms with Crippen molar-refractivity contribution in [3.05, 3.63) is 70.5 Å². The van der Waals surface area contributed by atoms with Crippen LogP contribution in [0, 0.1) is 12.7 Å². The van der Waals surface area contributed by atoms with Gasteiger partial charge in [-0.25, -0.2) is 17.8 Å². The number of aromatic nitrogens is 1. The van der Waals surface area contributed by atoms with Crippen LogP contribution in [0.2, 0.25) is 0 Å². The van der Waals surface area contributed by atoms with E-state index in [1.165, 1.54) is 12.1 Å². The number of ether oxygens (including phenoxy) is 1. The highest BCUT2D eigenvalue weighted by Crippen LogP contribution is 2.31. The van der Waals surface area contributed by atoms with Crippen LogP contribution in [0.4, 0.5) is 9.52 Å². The van der Waals surface area contributed by atoms with Crippen LogP contribution in [-0.4, -0.2) is 38.9 Å². The van der Waals surface area contributed by atoms with Gasteiger partial charge in [-0.05, 0) is 55.2 Å². The second kappa shape index (κ2) is 8.96. The molecule has 4 rings (SSSR count). The van der Waals surface area contributed by atoms with Crippen molar-refractivity contribution in [3.8, 4) is 5.75 Å². The van der Waals surface area contributed by atoms with Gasteiger partial charge in [0.2, 0.25) is 0 Å². The van der Waals surface area contributed by atoms with Gasteiger partial charge in [0.25, 0.3) is 0 Å². The smallest absolute Gasteiger partial charge is 0.185 e. The molecule has 1 aliphatic rings. The second-order valence-corrected chi connectivity index (χ2v) is 10.8. The van der Waals surface area contributed by atoms with E-state index >= 15 is 0 Å². The van der Waals surface area contributed by atoms with Crippen molar-refractivity contribution in [1.82, 2.24) is 4.98 Å². The van der Waals surface area contributed by atoms with E-state index in [4.69, 9.17) is 9.72 Å². The van der Waals surface area contributed by atoms with Crippen LogP contribution in [0.1, 0.15) is 29.7 Å². The van der Waals surface area contributed by atoms with Gasteiger partial charge in [0.1, 0.15) is 11.6 Å². The number of sulfone groups is 1. The Labute approximate surface area is 186 Å². The standard InChI is InChI=1S/C23H25FN2O3S2/c1-16-3-6-18(24)14-22(16)31(27,28)21-9-11-26(12-10-21)23-25-19(15-30-23)13-17-4-7-20(29-2)8-5-17/h3-8,14-15,21H,9-13H2,1-2H3. The molecule has 1 fully saturated rings. The van der Waals surface area contributed by atoms with Gasteiger partial charge in [-0.1, -0.05) is 18.2 Å². The van der Waals surface area contributed by atoms with E-state index in [1.807, 2.05) is 24.3 Å². The van der Waals surface area contributed by atoms with Gasteiger partial charge in [0, 0.05) is 24.9 Å². The predicted molar refractivity (Wildman–Crippen MR) is 121 cm³/mol. The van der Waals surface area contributed by atoms with Gasteiger partial charge in [0.15, 0.2) is 15.0 Å². The Balaban J connectivity index is 1.40. The van der Waals surface area contributed by atoms with Gasteiger partial charge in [-0.2, -0.15) is 0 Å². The van der Waals surface area contributed by atoms with Crippen LogP contribution in [-0.2, 0) is 16.3 Å². The summed E-state index contributed by atoms with van der Waals surface area (Å²) in [5.74, 6) is 0.308. The number of nitrogens with zero attached hydrogens (tertiary/aromatic N) is 2. The summed E-state index contributed by atoms with van der Waals surface area (Å²) in [6, 6.07) is 11.9. The average molecular weight is 461 g/mol. The van der Waals surface area contributed by atoms with E-state index in [0.717, 1.165) is 34.6 Å². The largest absolute Gasteiger partial charge is 0.497 e. The molecule has 3 aromatic rings. The molecule has 0 N–H and O–H groups in total. The van der Waals surface area contributed by atoms with Gasteiger partial charge in [-0.15, -0.1) is 11.3 Å². The van der Waals surface area contributed by atoms with Crippen molar-refractivity contribution in [3.63, 3.8) is 0 Å². The summed E-state index contributed by atoms with van der Waals surface area (Å²) in [6.45, 7) is 2.95. The molecule has 2 heterocycles. The molecule has 5 nitrogen and oxygen atoms in total. The monoisotopic (exact) mass is 460 g/mol. The normalized spacial score (nSPS) is 15.3. The van der Waals surface area contributed by atoms with Crippen LogP contribution in [0.5, 0.6) is 5.75 Å². The summed E-state index contributed by atoms with van der Waals surface area (Å²) in [7, 11) is -1.91. The number of rotatable bonds is 6. The lowest BCUT2D eigenvalue weighted by Crippen LogP contribution is -2.39. The molecule has 0 bridgehead atoms. The first kappa shape index (κ1) is 21.8. The van der Waals surface area contributed by atoms with Crippen LogP contribution in [0.15, 0.2) is 52.7 Å². The summed E-state index contributed by atoms with van der Waals surface area (Å²) in [6.07, 6.45) is 1.75. The summed E-state index contributed by atoms with van der Waals surface area (Å²) in [4.78, 5) is 7.02. The average Bonchev–Trinajstić information content (AvgIpc) is 3.24. The third-order valence-corrected chi connectivity index (χ3v) is 9.04. The van der Waals surface area contributed by atoms with Crippen LogP contribution in [0.25, 0.3) is 0 Å². The lowest BCUT2D eigenvalue weighted by Gasteiger charge is -2.31. The second-order valence-electron chi connectivity index (χ2n) is 7.79. The molecule has 164 valence electrons. The minimum absolute atomic E-state index is 0.113. The van der Waals surface area contributed by atoms with Gasteiger partial charge >= 0.3 is 0 Å². The predicted octanol–water partition coefficient (Wildman–Crippen LogP) is 4.63. The fourth-order valence-corrected chi connectivity index (χ4v) is 6.76. The van der Waals surface area contributed by atoms with E-state index in [1.54, 1.807) is 25.4 Å². The lowest BCUT2D eigenvalue weighted by atomic mass is 10.1. The van der Waals surface area contributed by atoms with Crippen molar-refractivity contribution in [2.75, 3.05) is 25.1 Å². The number of hydrogen-bond donors (Lipinski definition) is 0. The van der Waals surface area contributed by atoms with Crippen LogP contribution >= 0.6 is 11.3 Å². The zero-order valence-corrected chi connectivity index (χ0v) is 19.2.